The van der Waals surface area contributed by atoms with E-state index in [0.717, 1.165) is 22.6 Å². The molecule has 0 aromatic carbocycles. The average molecular weight is 147 g/mol. The molecular weight excluding hydrogens is 138 g/mol. The maximum absolute atomic E-state index is 4.23. The molecule has 0 amide bonds. The fourth-order valence-corrected chi connectivity index (χ4v) is 1.14. The molecule has 1 N–H and O–H groups in total. The number of aryl methyl sites for hydroxylation is 2. The second-order valence-corrected chi connectivity index (χ2v) is 2.67. The Bertz CT molecular complexity index is 389. The van der Waals surface area contributed by atoms with Crippen LogP contribution in [0.3, 0.4) is 0 Å². The highest BCUT2D eigenvalue weighted by atomic mass is 14.9. The summed E-state index contributed by atoms with van der Waals surface area (Å²) in [6.45, 7) is 3.90. The lowest BCUT2D eigenvalue weighted by Gasteiger charge is -1.89. The lowest BCUT2D eigenvalue weighted by molar-refractivity contribution is 1.08. The number of hydrogen-bond donors (Lipinski definition) is 1. The Kier molecular flexibility index (Phi) is 1.18. The van der Waals surface area contributed by atoms with Crippen molar-refractivity contribution in [2.45, 2.75) is 13.8 Å². The predicted octanol–water partition coefficient (Wildman–Crippen LogP) is 1.57. The number of nitrogens with zero attached hydrogens (tertiary/aromatic N) is 2. The Balaban J connectivity index is 2.82. The zero-order valence-corrected chi connectivity index (χ0v) is 6.55. The van der Waals surface area contributed by atoms with Crippen molar-refractivity contribution < 1.29 is 0 Å². The van der Waals surface area contributed by atoms with Gasteiger partial charge in [0.05, 0.1) is 0 Å². The van der Waals surface area contributed by atoms with Gasteiger partial charge in [0, 0.05) is 17.3 Å². The van der Waals surface area contributed by atoms with Crippen molar-refractivity contribution in [1.82, 2.24) is 15.0 Å². The summed E-state index contributed by atoms with van der Waals surface area (Å²) in [5.41, 5.74) is 2.05. The minimum absolute atomic E-state index is 0.805. The molecule has 0 atom stereocenters. The van der Waals surface area contributed by atoms with E-state index in [4.69, 9.17) is 0 Å². The lowest BCUT2D eigenvalue weighted by Crippen LogP contribution is -1.85. The van der Waals surface area contributed by atoms with Crippen LogP contribution in [0.15, 0.2) is 12.3 Å². The molecule has 2 rings (SSSR count). The molecule has 0 bridgehead atoms. The first-order valence-corrected chi connectivity index (χ1v) is 3.55. The third-order valence-electron chi connectivity index (χ3n) is 1.63. The van der Waals surface area contributed by atoms with E-state index in [1.165, 1.54) is 0 Å². The number of rotatable bonds is 0. The second kappa shape index (κ2) is 2.05. The van der Waals surface area contributed by atoms with Gasteiger partial charge in [-0.2, -0.15) is 0 Å². The predicted molar refractivity (Wildman–Crippen MR) is 43.4 cm³/mol. The van der Waals surface area contributed by atoms with Gasteiger partial charge in [-0.05, 0) is 19.9 Å². The molecular formula is C8H9N3. The molecule has 0 aliphatic rings. The highest BCUT2D eigenvalue weighted by Crippen LogP contribution is 2.10. The van der Waals surface area contributed by atoms with Crippen LogP contribution in [0, 0.1) is 13.8 Å². The lowest BCUT2D eigenvalue weighted by atomic mass is 10.4. The first-order chi connectivity index (χ1) is 5.25. The first-order valence-electron chi connectivity index (χ1n) is 3.55. The summed E-state index contributed by atoms with van der Waals surface area (Å²) < 4.78 is 0. The molecule has 3 nitrogen and oxygen atoms in total. The SMILES string of the molecule is Cc1ncc2cc(C)[nH]c2n1. The van der Waals surface area contributed by atoms with Crippen LogP contribution in [-0.2, 0) is 0 Å². The van der Waals surface area contributed by atoms with Gasteiger partial charge in [0.15, 0.2) is 0 Å². The Morgan fingerprint density at radius 3 is 3.00 bits per heavy atom. The minimum atomic E-state index is 0.805. The first kappa shape index (κ1) is 6.34. The minimum Gasteiger partial charge on any atom is -0.343 e. The molecule has 0 saturated heterocycles. The van der Waals surface area contributed by atoms with E-state index in [2.05, 4.69) is 15.0 Å². The van der Waals surface area contributed by atoms with Gasteiger partial charge in [-0.1, -0.05) is 0 Å². The van der Waals surface area contributed by atoms with Crippen LogP contribution in [0.2, 0.25) is 0 Å². The van der Waals surface area contributed by atoms with E-state index in [9.17, 15) is 0 Å². The van der Waals surface area contributed by atoms with Crippen molar-refractivity contribution in [3.8, 4) is 0 Å². The summed E-state index contributed by atoms with van der Waals surface area (Å²) in [4.78, 5) is 11.5. The monoisotopic (exact) mass is 147 g/mol. The maximum atomic E-state index is 4.23. The van der Waals surface area contributed by atoms with E-state index in [-0.39, 0.29) is 0 Å². The van der Waals surface area contributed by atoms with Gasteiger partial charge >= 0.3 is 0 Å². The summed E-state index contributed by atoms with van der Waals surface area (Å²) in [6.07, 6.45) is 1.83. The number of aromatic nitrogens is 3. The topological polar surface area (TPSA) is 41.6 Å². The Labute approximate surface area is 64.5 Å². The van der Waals surface area contributed by atoms with E-state index < -0.39 is 0 Å². The standard InChI is InChI=1S/C8H9N3/c1-5-3-7-4-9-6(2)11-8(7)10-5/h3-4H,1-2H3,(H,9,10,11). The molecule has 0 fully saturated rings. The average Bonchev–Trinajstić information content (AvgIpc) is 2.27. The van der Waals surface area contributed by atoms with Crippen molar-refractivity contribution in [3.05, 3.63) is 23.8 Å². The molecule has 0 aliphatic carbocycles. The van der Waals surface area contributed by atoms with Gasteiger partial charge in [-0.25, -0.2) is 9.97 Å². The van der Waals surface area contributed by atoms with Crippen molar-refractivity contribution in [1.29, 1.82) is 0 Å². The van der Waals surface area contributed by atoms with Crippen molar-refractivity contribution in [3.63, 3.8) is 0 Å². The quantitative estimate of drug-likeness (QED) is 0.614. The van der Waals surface area contributed by atoms with Crippen LogP contribution < -0.4 is 0 Å². The van der Waals surface area contributed by atoms with Gasteiger partial charge in [-0.3, -0.25) is 0 Å². The summed E-state index contributed by atoms with van der Waals surface area (Å²) in [5.74, 6) is 0.805. The fourth-order valence-electron chi connectivity index (χ4n) is 1.14. The molecule has 0 unspecified atom stereocenters. The fraction of sp³-hybridized carbons (Fsp3) is 0.250. The van der Waals surface area contributed by atoms with Crippen molar-refractivity contribution in [2.24, 2.45) is 0 Å². The number of aromatic amines is 1. The maximum Gasteiger partial charge on any atom is 0.141 e. The molecule has 0 aliphatic heterocycles. The van der Waals surface area contributed by atoms with E-state index in [0.29, 0.717) is 0 Å². The Hall–Kier alpha value is -1.38. The number of nitrogens with one attached hydrogen (secondary N) is 1. The third kappa shape index (κ3) is 0.981. The smallest absolute Gasteiger partial charge is 0.141 e. The highest BCUT2D eigenvalue weighted by Gasteiger charge is 1.97. The molecule has 11 heavy (non-hydrogen) atoms. The zero-order valence-electron chi connectivity index (χ0n) is 6.55. The van der Waals surface area contributed by atoms with Crippen LogP contribution in [0.4, 0.5) is 0 Å². The van der Waals surface area contributed by atoms with Gasteiger partial charge in [0.25, 0.3) is 0 Å². The number of H-pyrrole nitrogens is 1. The van der Waals surface area contributed by atoms with E-state index in [1.54, 1.807) is 0 Å². The van der Waals surface area contributed by atoms with Gasteiger partial charge in [-0.15, -0.1) is 0 Å². The summed E-state index contributed by atoms with van der Waals surface area (Å²) >= 11 is 0. The van der Waals surface area contributed by atoms with E-state index in [1.807, 2.05) is 26.1 Å². The molecule has 0 radical (unpaired) electrons. The van der Waals surface area contributed by atoms with Crippen LogP contribution in [-0.4, -0.2) is 15.0 Å². The highest BCUT2D eigenvalue weighted by molar-refractivity contribution is 5.75. The van der Waals surface area contributed by atoms with Crippen LogP contribution >= 0.6 is 0 Å². The van der Waals surface area contributed by atoms with Gasteiger partial charge in [0.2, 0.25) is 0 Å². The summed E-state index contributed by atoms with van der Waals surface area (Å²) in [6, 6.07) is 2.04. The second-order valence-electron chi connectivity index (χ2n) is 2.67. The Morgan fingerprint density at radius 1 is 1.36 bits per heavy atom. The number of hydrogen-bond acceptors (Lipinski definition) is 2. The summed E-state index contributed by atoms with van der Waals surface area (Å²) in [7, 11) is 0. The zero-order chi connectivity index (χ0) is 7.84. The van der Waals surface area contributed by atoms with Crippen molar-refractivity contribution in [2.75, 3.05) is 0 Å². The van der Waals surface area contributed by atoms with Crippen LogP contribution in [0.5, 0.6) is 0 Å². The molecule has 3 heteroatoms. The van der Waals surface area contributed by atoms with Crippen molar-refractivity contribution >= 4 is 11.0 Å². The van der Waals surface area contributed by atoms with Crippen LogP contribution in [0.1, 0.15) is 11.5 Å². The normalized spacial score (nSPS) is 10.7. The van der Waals surface area contributed by atoms with Gasteiger partial charge in [0.1, 0.15) is 11.5 Å². The largest absolute Gasteiger partial charge is 0.343 e. The molecule has 2 aromatic heterocycles. The van der Waals surface area contributed by atoms with E-state index >= 15 is 0 Å². The number of fused-ring (bicyclic) bond motifs is 1. The third-order valence-corrected chi connectivity index (χ3v) is 1.63. The molecule has 2 heterocycles. The molecule has 0 saturated carbocycles. The van der Waals surface area contributed by atoms with Gasteiger partial charge < -0.3 is 4.98 Å². The van der Waals surface area contributed by atoms with Crippen LogP contribution in [0.25, 0.3) is 11.0 Å². The molecule has 56 valence electrons. The summed E-state index contributed by atoms with van der Waals surface area (Å²) in [5, 5.41) is 1.08. The molecule has 0 spiro atoms. The Morgan fingerprint density at radius 2 is 2.18 bits per heavy atom. The molecule has 2 aromatic rings.